The van der Waals surface area contributed by atoms with Crippen molar-refractivity contribution in [3.63, 3.8) is 0 Å². The molecule has 10 nitrogen and oxygen atoms in total. The van der Waals surface area contributed by atoms with E-state index >= 15 is 0 Å². The molecule has 0 amide bonds. The molecule has 2 aliphatic rings. The number of unbranched alkanes of at least 4 members (excludes halogenated alkanes) is 2. The van der Waals surface area contributed by atoms with Gasteiger partial charge in [-0.3, -0.25) is 14.7 Å². The summed E-state index contributed by atoms with van der Waals surface area (Å²) in [6.07, 6.45) is 14.0. The van der Waals surface area contributed by atoms with Gasteiger partial charge in [0.2, 0.25) is 0 Å². The molecule has 3 heterocycles. The number of nitrogens with zero attached hydrogens (tertiary/aromatic N) is 6. The van der Waals surface area contributed by atoms with E-state index in [1.54, 1.807) is 0 Å². The maximum absolute atomic E-state index is 6.75. The van der Waals surface area contributed by atoms with Gasteiger partial charge in [-0.05, 0) is 139 Å². The summed E-state index contributed by atoms with van der Waals surface area (Å²) in [6.45, 7) is 29.9. The lowest BCUT2D eigenvalue weighted by atomic mass is 9.70. The van der Waals surface area contributed by atoms with Crippen molar-refractivity contribution in [2.75, 3.05) is 39.3 Å². The minimum atomic E-state index is -1.13. The fourth-order valence-corrected chi connectivity index (χ4v) is 9.41. The van der Waals surface area contributed by atoms with Gasteiger partial charge in [-0.2, -0.15) is 0 Å². The lowest BCUT2D eigenvalue weighted by molar-refractivity contribution is -0.0776. The summed E-state index contributed by atoms with van der Waals surface area (Å²) in [5.74, 6) is 0.982. The van der Waals surface area contributed by atoms with Crippen molar-refractivity contribution in [1.29, 1.82) is 0 Å². The van der Waals surface area contributed by atoms with Crippen molar-refractivity contribution in [3.8, 4) is 0 Å². The van der Waals surface area contributed by atoms with E-state index in [1.165, 1.54) is 51.2 Å². The molecule has 0 radical (unpaired) electrons. The molecule has 0 saturated carbocycles. The number of likely N-dealkylation sites (tertiary alicyclic amines) is 2. The SMILES string of the molecule is CCCCN1C(C)(C)CC(C(CN(CCC(N)(N)c2ncncn2)C2CC(C)(C)N(CCCC)C(C)(C)C2)NCCCN)CC1(C)C. The minimum absolute atomic E-state index is 0.0770. The Balaban J connectivity index is 1.96. The Bertz CT molecular complexity index is 1020. The Labute approximate surface area is 288 Å². The maximum Gasteiger partial charge on any atom is 0.166 e. The van der Waals surface area contributed by atoms with Gasteiger partial charge in [-0.1, -0.05) is 26.7 Å². The van der Waals surface area contributed by atoms with Crippen LogP contribution in [-0.2, 0) is 5.66 Å². The zero-order valence-electron chi connectivity index (χ0n) is 32.1. The Morgan fingerprint density at radius 3 is 1.79 bits per heavy atom. The van der Waals surface area contributed by atoms with E-state index in [-0.39, 0.29) is 22.2 Å². The highest BCUT2D eigenvalue weighted by Gasteiger charge is 2.49. The van der Waals surface area contributed by atoms with Gasteiger partial charge >= 0.3 is 0 Å². The first-order valence-electron chi connectivity index (χ1n) is 18.8. The lowest BCUT2D eigenvalue weighted by Crippen LogP contribution is -2.66. The topological polar surface area (TPSA) is 138 Å². The average Bonchev–Trinajstić information content (AvgIpc) is 2.96. The maximum atomic E-state index is 6.75. The summed E-state index contributed by atoms with van der Waals surface area (Å²) in [5, 5.41) is 4.05. The van der Waals surface area contributed by atoms with E-state index in [0.717, 1.165) is 52.0 Å². The van der Waals surface area contributed by atoms with Gasteiger partial charge in [-0.25, -0.2) is 15.0 Å². The number of rotatable bonds is 18. The van der Waals surface area contributed by atoms with E-state index in [2.05, 4.69) is 104 Å². The second-order valence-electron chi connectivity index (χ2n) is 17.4. The van der Waals surface area contributed by atoms with E-state index < -0.39 is 5.66 Å². The van der Waals surface area contributed by atoms with Gasteiger partial charge < -0.3 is 22.5 Å². The van der Waals surface area contributed by atoms with Gasteiger partial charge in [0.25, 0.3) is 0 Å². The molecular weight excluding hydrogens is 584 g/mol. The molecule has 2 aliphatic heterocycles. The van der Waals surface area contributed by atoms with Crippen molar-refractivity contribution in [3.05, 3.63) is 18.5 Å². The fraction of sp³-hybridized carbons (Fsp3) is 0.919. The summed E-state index contributed by atoms with van der Waals surface area (Å²) in [5.41, 5.74) is 18.8. The zero-order valence-corrected chi connectivity index (χ0v) is 32.1. The second-order valence-corrected chi connectivity index (χ2v) is 17.4. The van der Waals surface area contributed by atoms with Crippen LogP contribution in [0.3, 0.4) is 0 Å². The molecule has 0 bridgehead atoms. The molecule has 47 heavy (non-hydrogen) atoms. The third-order valence-corrected chi connectivity index (χ3v) is 11.4. The fourth-order valence-electron chi connectivity index (χ4n) is 9.41. The summed E-state index contributed by atoms with van der Waals surface area (Å²) in [7, 11) is 0. The standard InChI is InChI=1S/C37H74N10/c1-11-13-19-46-33(3,4)22-29(23-34(46,5)6)31(42-18-15-17-38)26-45(21-16-37(39,40)32-43-27-41-28-44-32)30-24-35(7,8)47(20-14-12-2)36(9,10)25-30/h27-31,42H,11-26,38-40H2,1-10H3. The van der Waals surface area contributed by atoms with Gasteiger partial charge in [0.1, 0.15) is 18.3 Å². The van der Waals surface area contributed by atoms with Crippen LogP contribution in [0.4, 0.5) is 0 Å². The van der Waals surface area contributed by atoms with Crippen molar-refractivity contribution < 1.29 is 0 Å². The van der Waals surface area contributed by atoms with Crippen LogP contribution in [0, 0.1) is 5.92 Å². The van der Waals surface area contributed by atoms with Gasteiger partial charge in [0.15, 0.2) is 5.82 Å². The molecule has 0 aromatic carbocycles. The summed E-state index contributed by atoms with van der Waals surface area (Å²) >= 11 is 0. The molecule has 272 valence electrons. The minimum Gasteiger partial charge on any atom is -0.330 e. The van der Waals surface area contributed by atoms with Crippen molar-refractivity contribution in [2.24, 2.45) is 23.1 Å². The second kappa shape index (κ2) is 16.6. The van der Waals surface area contributed by atoms with Crippen molar-refractivity contribution >= 4 is 0 Å². The Kier molecular flexibility index (Phi) is 14.2. The molecule has 0 aliphatic carbocycles. The molecule has 1 unspecified atom stereocenters. The molecule has 2 fully saturated rings. The van der Waals surface area contributed by atoms with Crippen molar-refractivity contribution in [2.45, 2.75) is 173 Å². The molecule has 1 aromatic heterocycles. The van der Waals surface area contributed by atoms with E-state index in [1.807, 2.05) is 0 Å². The Hall–Kier alpha value is -1.27. The number of aromatic nitrogens is 3. The number of piperidine rings is 2. The normalized spacial score (nSPS) is 22.9. The molecule has 7 N–H and O–H groups in total. The predicted octanol–water partition coefficient (Wildman–Crippen LogP) is 4.83. The van der Waals surface area contributed by atoms with E-state index in [4.69, 9.17) is 17.2 Å². The Morgan fingerprint density at radius 1 is 0.830 bits per heavy atom. The first kappa shape index (κ1) is 40.2. The highest BCUT2D eigenvalue weighted by atomic mass is 15.3. The molecular formula is C37H74N10. The first-order valence-corrected chi connectivity index (χ1v) is 18.8. The molecule has 2 saturated heterocycles. The van der Waals surface area contributed by atoms with Crippen LogP contribution in [0.5, 0.6) is 0 Å². The van der Waals surface area contributed by atoms with Crippen LogP contribution in [0.25, 0.3) is 0 Å². The van der Waals surface area contributed by atoms with Crippen LogP contribution < -0.4 is 22.5 Å². The third-order valence-electron chi connectivity index (χ3n) is 11.4. The average molecular weight is 659 g/mol. The highest BCUT2D eigenvalue weighted by Crippen LogP contribution is 2.44. The van der Waals surface area contributed by atoms with Crippen molar-refractivity contribution in [1.82, 2.24) is 35.0 Å². The zero-order chi connectivity index (χ0) is 35.1. The number of hydrogen-bond acceptors (Lipinski definition) is 10. The number of nitrogens with one attached hydrogen (secondary N) is 1. The van der Waals surface area contributed by atoms with Crippen LogP contribution in [0.1, 0.15) is 139 Å². The highest BCUT2D eigenvalue weighted by molar-refractivity contribution is 5.07. The number of hydrogen-bond donors (Lipinski definition) is 4. The molecule has 0 spiro atoms. The lowest BCUT2D eigenvalue weighted by Gasteiger charge is -2.59. The van der Waals surface area contributed by atoms with Gasteiger partial charge in [0, 0.05) is 47.3 Å². The summed E-state index contributed by atoms with van der Waals surface area (Å²) in [4.78, 5) is 21.0. The van der Waals surface area contributed by atoms with Gasteiger partial charge in [-0.15, -0.1) is 0 Å². The molecule has 3 rings (SSSR count). The monoisotopic (exact) mass is 659 g/mol. The third kappa shape index (κ3) is 10.6. The quantitative estimate of drug-likeness (QED) is 0.128. The first-order chi connectivity index (χ1) is 21.9. The summed E-state index contributed by atoms with van der Waals surface area (Å²) < 4.78 is 0. The smallest absolute Gasteiger partial charge is 0.166 e. The van der Waals surface area contributed by atoms with Gasteiger partial charge in [0.05, 0.1) is 0 Å². The molecule has 10 heteroatoms. The van der Waals surface area contributed by atoms with E-state index in [0.29, 0.717) is 36.8 Å². The largest absolute Gasteiger partial charge is 0.330 e. The van der Waals surface area contributed by atoms with Crippen LogP contribution in [0.15, 0.2) is 12.7 Å². The Morgan fingerprint density at radius 2 is 1.32 bits per heavy atom. The molecule has 1 atom stereocenters. The summed E-state index contributed by atoms with van der Waals surface area (Å²) in [6, 6.07) is 0.733. The molecule has 1 aromatic rings. The number of nitrogens with two attached hydrogens (primary N) is 3. The van der Waals surface area contributed by atoms with Crippen LogP contribution in [0.2, 0.25) is 0 Å². The van der Waals surface area contributed by atoms with Crippen LogP contribution >= 0.6 is 0 Å². The van der Waals surface area contributed by atoms with E-state index in [9.17, 15) is 0 Å². The van der Waals surface area contributed by atoms with Crippen LogP contribution in [-0.4, -0.2) is 103 Å². The predicted molar refractivity (Wildman–Crippen MR) is 197 cm³/mol.